The number of nitrogens with two attached hydrogens (primary N) is 2. The van der Waals surface area contributed by atoms with E-state index in [9.17, 15) is 4.79 Å². The van der Waals surface area contributed by atoms with E-state index in [0.29, 0.717) is 6.29 Å². The SMILES string of the molecule is NNc1nc(C=O)nc(NN)n1. The Balaban J connectivity index is 3.09. The summed E-state index contributed by atoms with van der Waals surface area (Å²) < 4.78 is 0. The standard InChI is InChI=1S/C4H7N7O/c5-10-3-7-2(1-12)8-4(9-3)11-6/h1H,5-6H2,(H2,7,8,9,10,11). The Hall–Kier alpha value is -1.80. The Morgan fingerprint density at radius 3 is 1.92 bits per heavy atom. The van der Waals surface area contributed by atoms with Crippen LogP contribution in [0.3, 0.4) is 0 Å². The fourth-order valence-corrected chi connectivity index (χ4v) is 0.574. The average Bonchev–Trinajstić information content (AvgIpc) is 2.16. The fourth-order valence-electron chi connectivity index (χ4n) is 0.574. The van der Waals surface area contributed by atoms with E-state index >= 15 is 0 Å². The first kappa shape index (κ1) is 8.30. The van der Waals surface area contributed by atoms with Crippen LogP contribution in [-0.4, -0.2) is 21.2 Å². The van der Waals surface area contributed by atoms with E-state index in [4.69, 9.17) is 11.7 Å². The van der Waals surface area contributed by atoms with Gasteiger partial charge in [0.15, 0.2) is 12.1 Å². The number of rotatable bonds is 3. The Morgan fingerprint density at radius 2 is 1.58 bits per heavy atom. The minimum Gasteiger partial charge on any atom is -0.294 e. The number of hydrazine groups is 2. The first-order chi connectivity index (χ1) is 5.80. The molecule has 6 N–H and O–H groups in total. The van der Waals surface area contributed by atoms with Gasteiger partial charge in [-0.3, -0.25) is 15.6 Å². The molecule has 0 aliphatic rings. The Morgan fingerprint density at radius 1 is 1.08 bits per heavy atom. The molecule has 0 fully saturated rings. The third-order valence-electron chi connectivity index (χ3n) is 1.02. The van der Waals surface area contributed by atoms with E-state index in [-0.39, 0.29) is 17.7 Å². The van der Waals surface area contributed by atoms with E-state index in [2.05, 4.69) is 25.8 Å². The number of carbonyl (C=O) groups excluding carboxylic acids is 1. The number of aldehydes is 1. The normalized spacial score (nSPS) is 9.17. The van der Waals surface area contributed by atoms with E-state index in [1.54, 1.807) is 0 Å². The number of nitrogens with zero attached hydrogens (tertiary/aromatic N) is 3. The molecule has 1 aromatic heterocycles. The van der Waals surface area contributed by atoms with Crippen LogP contribution in [0.5, 0.6) is 0 Å². The molecule has 0 saturated heterocycles. The van der Waals surface area contributed by atoms with Crippen LogP contribution in [0.25, 0.3) is 0 Å². The summed E-state index contributed by atoms with van der Waals surface area (Å²) in [5.41, 5.74) is 4.32. The number of aromatic nitrogens is 3. The molecule has 0 atom stereocenters. The summed E-state index contributed by atoms with van der Waals surface area (Å²) in [7, 11) is 0. The van der Waals surface area contributed by atoms with Gasteiger partial charge in [0.1, 0.15) is 0 Å². The predicted molar refractivity (Wildman–Crippen MR) is 40.8 cm³/mol. The summed E-state index contributed by atoms with van der Waals surface area (Å²) in [6.07, 6.45) is 0.462. The van der Waals surface area contributed by atoms with Gasteiger partial charge in [-0.1, -0.05) is 0 Å². The van der Waals surface area contributed by atoms with Gasteiger partial charge in [0.2, 0.25) is 11.9 Å². The lowest BCUT2D eigenvalue weighted by atomic mass is 10.6. The Kier molecular flexibility index (Phi) is 2.46. The van der Waals surface area contributed by atoms with Crippen LogP contribution >= 0.6 is 0 Å². The van der Waals surface area contributed by atoms with E-state index < -0.39 is 0 Å². The quantitative estimate of drug-likeness (QED) is 0.238. The molecule has 8 heteroatoms. The number of anilines is 2. The lowest BCUT2D eigenvalue weighted by Gasteiger charge is -2.01. The van der Waals surface area contributed by atoms with Crippen molar-refractivity contribution in [1.29, 1.82) is 0 Å². The van der Waals surface area contributed by atoms with Gasteiger partial charge in [-0.15, -0.1) is 0 Å². The van der Waals surface area contributed by atoms with Gasteiger partial charge in [0.05, 0.1) is 0 Å². The topological polar surface area (TPSA) is 132 Å². The van der Waals surface area contributed by atoms with Crippen molar-refractivity contribution in [3.8, 4) is 0 Å². The summed E-state index contributed by atoms with van der Waals surface area (Å²) in [6, 6.07) is 0. The maximum absolute atomic E-state index is 10.3. The number of carbonyl (C=O) groups is 1. The first-order valence-electron chi connectivity index (χ1n) is 2.94. The molecule has 0 saturated carbocycles. The molecular weight excluding hydrogens is 162 g/mol. The highest BCUT2D eigenvalue weighted by Gasteiger charge is 2.02. The van der Waals surface area contributed by atoms with Crippen molar-refractivity contribution >= 4 is 18.2 Å². The molecule has 0 aliphatic heterocycles. The second-order valence-corrected chi connectivity index (χ2v) is 1.75. The van der Waals surface area contributed by atoms with Gasteiger partial charge < -0.3 is 0 Å². The molecule has 0 radical (unpaired) electrons. The minimum absolute atomic E-state index is 0.0501. The Bertz CT molecular complexity index is 264. The summed E-state index contributed by atoms with van der Waals surface area (Å²) >= 11 is 0. The van der Waals surface area contributed by atoms with Crippen LogP contribution in [0.15, 0.2) is 0 Å². The zero-order chi connectivity index (χ0) is 8.97. The van der Waals surface area contributed by atoms with Crippen LogP contribution in [0.4, 0.5) is 11.9 Å². The average molecular weight is 169 g/mol. The summed E-state index contributed by atoms with van der Waals surface area (Å²) in [4.78, 5) is 21.1. The monoisotopic (exact) mass is 169 g/mol. The van der Waals surface area contributed by atoms with Gasteiger partial charge in [-0.05, 0) is 0 Å². The molecule has 1 aromatic rings. The highest BCUT2D eigenvalue weighted by atomic mass is 16.1. The van der Waals surface area contributed by atoms with Crippen LogP contribution in [0.2, 0.25) is 0 Å². The van der Waals surface area contributed by atoms with Crippen molar-refractivity contribution in [3.05, 3.63) is 5.82 Å². The van der Waals surface area contributed by atoms with Gasteiger partial charge in [-0.25, -0.2) is 11.7 Å². The second kappa shape index (κ2) is 3.55. The fraction of sp³-hybridized carbons (Fsp3) is 0. The number of nitrogen functional groups attached to an aromatic ring is 2. The summed E-state index contributed by atoms with van der Waals surface area (Å²) in [5.74, 6) is 10.1. The van der Waals surface area contributed by atoms with Crippen molar-refractivity contribution < 1.29 is 4.79 Å². The molecule has 0 spiro atoms. The van der Waals surface area contributed by atoms with Crippen molar-refractivity contribution in [2.45, 2.75) is 0 Å². The van der Waals surface area contributed by atoms with Gasteiger partial charge in [0, 0.05) is 0 Å². The maximum Gasteiger partial charge on any atom is 0.242 e. The first-order valence-corrected chi connectivity index (χ1v) is 2.94. The van der Waals surface area contributed by atoms with Gasteiger partial charge >= 0.3 is 0 Å². The molecule has 1 heterocycles. The smallest absolute Gasteiger partial charge is 0.242 e. The third kappa shape index (κ3) is 1.62. The lowest BCUT2D eigenvalue weighted by Crippen LogP contribution is -2.17. The van der Waals surface area contributed by atoms with Crippen LogP contribution in [0.1, 0.15) is 10.6 Å². The molecule has 64 valence electrons. The zero-order valence-corrected chi connectivity index (χ0v) is 5.98. The molecular formula is C4H7N7O. The van der Waals surface area contributed by atoms with Crippen molar-refractivity contribution in [1.82, 2.24) is 15.0 Å². The molecule has 1 rings (SSSR count). The van der Waals surface area contributed by atoms with E-state index in [1.165, 1.54) is 0 Å². The molecule has 8 nitrogen and oxygen atoms in total. The largest absolute Gasteiger partial charge is 0.294 e. The maximum atomic E-state index is 10.3. The number of hydrogen-bond acceptors (Lipinski definition) is 8. The van der Waals surface area contributed by atoms with Gasteiger partial charge in [0.25, 0.3) is 0 Å². The molecule has 0 aliphatic carbocycles. The van der Waals surface area contributed by atoms with Crippen molar-refractivity contribution in [2.24, 2.45) is 11.7 Å². The lowest BCUT2D eigenvalue weighted by molar-refractivity contribution is 0.111. The minimum atomic E-state index is -0.0501. The predicted octanol–water partition coefficient (Wildman–Crippen LogP) is -1.74. The second-order valence-electron chi connectivity index (χ2n) is 1.75. The van der Waals surface area contributed by atoms with Crippen LogP contribution < -0.4 is 22.5 Å². The molecule has 0 bridgehead atoms. The number of hydrogen-bond donors (Lipinski definition) is 4. The highest BCUT2D eigenvalue weighted by molar-refractivity contribution is 5.69. The summed E-state index contributed by atoms with van der Waals surface area (Å²) in [5, 5.41) is 0. The van der Waals surface area contributed by atoms with Crippen LogP contribution in [0, 0.1) is 0 Å². The number of nitrogens with one attached hydrogen (secondary N) is 2. The van der Waals surface area contributed by atoms with Crippen molar-refractivity contribution in [3.63, 3.8) is 0 Å². The third-order valence-corrected chi connectivity index (χ3v) is 1.02. The zero-order valence-electron chi connectivity index (χ0n) is 5.98. The van der Waals surface area contributed by atoms with E-state index in [0.717, 1.165) is 0 Å². The molecule has 0 unspecified atom stereocenters. The molecule has 0 amide bonds. The van der Waals surface area contributed by atoms with Crippen molar-refractivity contribution in [2.75, 3.05) is 10.9 Å². The molecule has 12 heavy (non-hydrogen) atoms. The summed E-state index contributed by atoms with van der Waals surface area (Å²) in [6.45, 7) is 0. The van der Waals surface area contributed by atoms with Gasteiger partial charge in [-0.2, -0.15) is 15.0 Å². The van der Waals surface area contributed by atoms with E-state index in [1.807, 2.05) is 0 Å². The molecule has 0 aromatic carbocycles. The highest BCUT2D eigenvalue weighted by Crippen LogP contribution is 2.00. The Labute approximate surface area is 67.3 Å². The van der Waals surface area contributed by atoms with Crippen LogP contribution in [-0.2, 0) is 0 Å².